The van der Waals surface area contributed by atoms with Gasteiger partial charge >= 0.3 is 0 Å². The van der Waals surface area contributed by atoms with Crippen LogP contribution >= 0.6 is 11.8 Å². The van der Waals surface area contributed by atoms with E-state index in [9.17, 15) is 0 Å². The molecule has 0 saturated carbocycles. The van der Waals surface area contributed by atoms with E-state index in [1.54, 1.807) is 0 Å². The number of nitrogens with one attached hydrogen (secondary N) is 1. The summed E-state index contributed by atoms with van der Waals surface area (Å²) in [5.41, 5.74) is 0. The molecule has 0 spiro atoms. The number of hydrogen-bond donors (Lipinski definition) is 1. The van der Waals surface area contributed by atoms with Crippen molar-refractivity contribution in [1.82, 2.24) is 10.2 Å². The number of rotatable bonds is 6. The molecule has 0 aromatic heterocycles. The minimum Gasteiger partial charge on any atom is -0.314 e. The molecule has 2 fully saturated rings. The normalized spacial score (nSPS) is 35.1. The average Bonchev–Trinajstić information content (AvgIpc) is 2.59. The first-order chi connectivity index (χ1) is 8.26. The number of fused-ring (bicyclic) bond motifs is 2. The molecule has 0 radical (unpaired) electrons. The summed E-state index contributed by atoms with van der Waals surface area (Å²) in [6.07, 6.45) is 9.14. The number of hydrogen-bond acceptors (Lipinski definition) is 3. The molecule has 2 aliphatic rings. The van der Waals surface area contributed by atoms with Gasteiger partial charge in [-0.25, -0.2) is 0 Å². The molecule has 100 valence electrons. The highest BCUT2D eigenvalue weighted by Gasteiger charge is 2.42. The summed E-state index contributed by atoms with van der Waals surface area (Å²) in [5.74, 6) is 1.29. The van der Waals surface area contributed by atoms with Crippen molar-refractivity contribution in [2.45, 2.75) is 70.1 Å². The van der Waals surface area contributed by atoms with Crippen LogP contribution in [0, 0.1) is 0 Å². The summed E-state index contributed by atoms with van der Waals surface area (Å²) < 4.78 is 0. The van der Waals surface area contributed by atoms with Gasteiger partial charge in [0.1, 0.15) is 0 Å². The fourth-order valence-electron chi connectivity index (χ4n) is 3.78. The summed E-state index contributed by atoms with van der Waals surface area (Å²) in [4.78, 5) is 2.83. The molecule has 2 bridgehead atoms. The van der Waals surface area contributed by atoms with E-state index in [1.165, 1.54) is 44.4 Å². The Hall–Kier alpha value is 0.270. The highest BCUT2D eigenvalue weighted by atomic mass is 32.2. The molecule has 2 aliphatic heterocycles. The second-order valence-corrected chi connectivity index (χ2v) is 6.67. The van der Waals surface area contributed by atoms with Gasteiger partial charge in [0.25, 0.3) is 0 Å². The van der Waals surface area contributed by atoms with Gasteiger partial charge in [-0.15, -0.1) is 0 Å². The molecule has 3 heteroatoms. The van der Waals surface area contributed by atoms with Crippen LogP contribution in [0.15, 0.2) is 0 Å². The van der Waals surface area contributed by atoms with E-state index in [0.29, 0.717) is 0 Å². The predicted octanol–water partition coefficient (Wildman–Crippen LogP) is 2.73. The number of piperidine rings is 1. The Morgan fingerprint density at radius 1 is 1.29 bits per heavy atom. The van der Waals surface area contributed by atoms with Crippen LogP contribution in [0.1, 0.15) is 46.0 Å². The number of thioether (sulfide) groups is 1. The van der Waals surface area contributed by atoms with E-state index >= 15 is 0 Å². The molecule has 2 rings (SSSR count). The molecule has 1 N–H and O–H groups in total. The predicted molar refractivity (Wildman–Crippen MR) is 77.8 cm³/mol. The third kappa shape index (κ3) is 3.18. The molecule has 2 saturated heterocycles. The van der Waals surface area contributed by atoms with Gasteiger partial charge in [-0.2, -0.15) is 11.8 Å². The number of nitrogens with zero attached hydrogens (tertiary/aromatic N) is 1. The fourth-order valence-corrected chi connectivity index (χ4v) is 4.43. The van der Waals surface area contributed by atoms with Crippen LogP contribution in [0.2, 0.25) is 0 Å². The molecular formula is C14H28N2S. The summed E-state index contributed by atoms with van der Waals surface area (Å²) >= 11 is 1.99. The standard InChI is InChI=1S/C14H28N2S/c1-4-7-15-12-8-13-5-6-14(9-12)16(13)11(2)10-17-3/h11-15H,4-10H2,1-3H3. The molecule has 0 amide bonds. The summed E-state index contributed by atoms with van der Waals surface area (Å²) in [6, 6.07) is 3.30. The fraction of sp³-hybridized carbons (Fsp3) is 1.00. The van der Waals surface area contributed by atoms with Crippen LogP contribution in [0.3, 0.4) is 0 Å². The van der Waals surface area contributed by atoms with E-state index in [1.807, 2.05) is 11.8 Å². The lowest BCUT2D eigenvalue weighted by molar-refractivity contribution is 0.0870. The Kier molecular flexibility index (Phi) is 5.19. The highest BCUT2D eigenvalue weighted by Crippen LogP contribution is 2.37. The van der Waals surface area contributed by atoms with E-state index in [2.05, 4.69) is 30.3 Å². The molecule has 0 aromatic carbocycles. The van der Waals surface area contributed by atoms with Crippen LogP contribution < -0.4 is 5.32 Å². The van der Waals surface area contributed by atoms with Crippen molar-refractivity contribution in [3.8, 4) is 0 Å². The Bertz CT molecular complexity index is 220. The second kappa shape index (κ2) is 6.44. The van der Waals surface area contributed by atoms with Gasteiger partial charge in [0.15, 0.2) is 0 Å². The second-order valence-electron chi connectivity index (χ2n) is 5.76. The van der Waals surface area contributed by atoms with Gasteiger partial charge in [0.05, 0.1) is 0 Å². The van der Waals surface area contributed by atoms with E-state index < -0.39 is 0 Å². The van der Waals surface area contributed by atoms with Crippen molar-refractivity contribution in [2.24, 2.45) is 0 Å². The quantitative estimate of drug-likeness (QED) is 0.787. The van der Waals surface area contributed by atoms with Crippen molar-refractivity contribution >= 4 is 11.8 Å². The van der Waals surface area contributed by atoms with Crippen LogP contribution in [0.5, 0.6) is 0 Å². The summed E-state index contributed by atoms with van der Waals surface area (Å²) in [6.45, 7) is 5.88. The first-order valence-corrected chi connectivity index (χ1v) is 8.65. The van der Waals surface area contributed by atoms with Gasteiger partial charge in [-0.1, -0.05) is 6.92 Å². The summed E-state index contributed by atoms with van der Waals surface area (Å²) in [5, 5.41) is 3.73. The van der Waals surface area contributed by atoms with E-state index in [0.717, 1.165) is 24.2 Å². The van der Waals surface area contributed by atoms with Gasteiger partial charge < -0.3 is 5.32 Å². The first-order valence-electron chi connectivity index (χ1n) is 7.26. The minimum atomic E-state index is 0.773. The van der Waals surface area contributed by atoms with Crippen molar-refractivity contribution in [3.05, 3.63) is 0 Å². The van der Waals surface area contributed by atoms with Crippen LogP contribution in [-0.2, 0) is 0 Å². The molecule has 17 heavy (non-hydrogen) atoms. The zero-order valence-corrected chi connectivity index (χ0v) is 12.4. The maximum absolute atomic E-state index is 3.73. The third-order valence-electron chi connectivity index (χ3n) is 4.39. The van der Waals surface area contributed by atoms with Crippen LogP contribution in [-0.4, -0.2) is 47.6 Å². The minimum absolute atomic E-state index is 0.773. The van der Waals surface area contributed by atoms with Crippen molar-refractivity contribution in [2.75, 3.05) is 18.6 Å². The molecule has 0 aliphatic carbocycles. The third-order valence-corrected chi connectivity index (χ3v) is 5.21. The lowest BCUT2D eigenvalue weighted by atomic mass is 9.96. The maximum Gasteiger partial charge on any atom is 0.0163 e. The summed E-state index contributed by atoms with van der Waals surface area (Å²) in [7, 11) is 0. The molecule has 2 heterocycles. The van der Waals surface area contributed by atoms with E-state index in [-0.39, 0.29) is 0 Å². The monoisotopic (exact) mass is 256 g/mol. The zero-order valence-electron chi connectivity index (χ0n) is 11.6. The molecule has 0 aromatic rings. The van der Waals surface area contributed by atoms with Crippen LogP contribution in [0.4, 0.5) is 0 Å². The van der Waals surface area contributed by atoms with E-state index in [4.69, 9.17) is 0 Å². The molecule has 3 atom stereocenters. The smallest absolute Gasteiger partial charge is 0.0163 e. The van der Waals surface area contributed by atoms with Gasteiger partial charge in [0, 0.05) is 29.9 Å². The zero-order chi connectivity index (χ0) is 12.3. The van der Waals surface area contributed by atoms with Crippen molar-refractivity contribution in [3.63, 3.8) is 0 Å². The highest BCUT2D eigenvalue weighted by molar-refractivity contribution is 7.98. The molecule has 2 nitrogen and oxygen atoms in total. The largest absolute Gasteiger partial charge is 0.314 e. The Morgan fingerprint density at radius 2 is 1.94 bits per heavy atom. The van der Waals surface area contributed by atoms with Gasteiger partial charge in [-0.05, 0) is 51.8 Å². The Balaban J connectivity index is 1.88. The van der Waals surface area contributed by atoms with Crippen molar-refractivity contribution in [1.29, 1.82) is 0 Å². The topological polar surface area (TPSA) is 15.3 Å². The molecular weight excluding hydrogens is 228 g/mol. The van der Waals surface area contributed by atoms with Gasteiger partial charge in [-0.3, -0.25) is 4.90 Å². The van der Waals surface area contributed by atoms with Gasteiger partial charge in [0.2, 0.25) is 0 Å². The SMILES string of the molecule is CCCNC1CC2CCC(C1)N2C(C)CSC. The molecule has 3 unspecified atom stereocenters. The lowest BCUT2D eigenvalue weighted by Gasteiger charge is -2.42. The van der Waals surface area contributed by atoms with Crippen molar-refractivity contribution < 1.29 is 0 Å². The average molecular weight is 256 g/mol. The Labute approximate surface area is 111 Å². The van der Waals surface area contributed by atoms with Crippen LogP contribution in [0.25, 0.3) is 0 Å². The lowest BCUT2D eigenvalue weighted by Crippen LogP contribution is -2.53. The maximum atomic E-state index is 3.73. The Morgan fingerprint density at radius 3 is 2.47 bits per heavy atom. The first kappa shape index (κ1) is 13.7.